The van der Waals surface area contributed by atoms with Crippen LogP contribution in [0.25, 0.3) is 0 Å². The number of nitrogens with one attached hydrogen (secondary N) is 1. The van der Waals surface area contributed by atoms with Gasteiger partial charge in [-0.15, -0.1) is 0 Å². The Kier molecular flexibility index (Phi) is 3.55. The molecule has 0 unspecified atom stereocenters. The highest BCUT2D eigenvalue weighted by Gasteiger charge is 2.11. The van der Waals surface area contributed by atoms with E-state index in [1.807, 2.05) is 0 Å². The van der Waals surface area contributed by atoms with Gasteiger partial charge < -0.3 is 5.32 Å². The predicted octanol–water partition coefficient (Wildman–Crippen LogP) is 2.58. The quantitative estimate of drug-likeness (QED) is 0.910. The molecule has 0 saturated heterocycles. The molecule has 0 aliphatic carbocycles. The third-order valence-electron chi connectivity index (χ3n) is 2.62. The van der Waals surface area contributed by atoms with Gasteiger partial charge in [0, 0.05) is 37.5 Å². The van der Waals surface area contributed by atoms with Crippen LogP contribution in [0.1, 0.15) is 5.56 Å². The van der Waals surface area contributed by atoms with Crippen LogP contribution in [0.4, 0.5) is 18.9 Å². The molecule has 6 heteroatoms. The Morgan fingerprint density at radius 1 is 1.22 bits per heavy atom. The van der Waals surface area contributed by atoms with Crippen LogP contribution < -0.4 is 5.32 Å². The summed E-state index contributed by atoms with van der Waals surface area (Å²) in [5.74, 6) is -2.65. The van der Waals surface area contributed by atoms with E-state index in [2.05, 4.69) is 10.4 Å². The van der Waals surface area contributed by atoms with E-state index in [9.17, 15) is 13.2 Å². The highest BCUT2D eigenvalue weighted by molar-refractivity contribution is 5.36. The third-order valence-corrected chi connectivity index (χ3v) is 2.62. The molecule has 2 aromatic rings. The fourth-order valence-electron chi connectivity index (χ4n) is 1.65. The van der Waals surface area contributed by atoms with Crippen molar-refractivity contribution in [3.63, 3.8) is 0 Å². The number of aromatic nitrogens is 2. The molecule has 0 atom stereocenters. The molecule has 0 saturated carbocycles. The first-order chi connectivity index (χ1) is 8.60. The van der Waals surface area contributed by atoms with Gasteiger partial charge in [0.2, 0.25) is 0 Å². The van der Waals surface area contributed by atoms with E-state index in [-0.39, 0.29) is 12.0 Å². The van der Waals surface area contributed by atoms with Gasteiger partial charge >= 0.3 is 0 Å². The Labute approximate surface area is 102 Å². The Hall–Kier alpha value is -1.98. The van der Waals surface area contributed by atoms with Gasteiger partial charge in [0.1, 0.15) is 17.5 Å². The lowest BCUT2D eigenvalue weighted by atomic mass is 10.1. The van der Waals surface area contributed by atoms with Gasteiger partial charge in [-0.05, 0) is 6.42 Å². The highest BCUT2D eigenvalue weighted by Crippen LogP contribution is 2.16. The Bertz CT molecular complexity index is 528. The van der Waals surface area contributed by atoms with Crippen molar-refractivity contribution in [2.75, 3.05) is 12.4 Å². The minimum atomic E-state index is -0.912. The average Bonchev–Trinajstić information content (AvgIpc) is 2.75. The van der Waals surface area contributed by atoms with Crippen molar-refractivity contribution in [3.05, 3.63) is 47.5 Å². The first kappa shape index (κ1) is 12.5. The molecule has 1 aromatic carbocycles. The molecule has 2 rings (SSSR count). The van der Waals surface area contributed by atoms with Crippen LogP contribution in [0.15, 0.2) is 24.5 Å². The summed E-state index contributed by atoms with van der Waals surface area (Å²) in [6, 6.07) is 1.36. The third kappa shape index (κ3) is 2.64. The van der Waals surface area contributed by atoms with Gasteiger partial charge in [0.25, 0.3) is 0 Å². The monoisotopic (exact) mass is 255 g/mol. The summed E-state index contributed by atoms with van der Waals surface area (Å²) in [5, 5.41) is 6.91. The van der Waals surface area contributed by atoms with E-state index >= 15 is 0 Å². The SMILES string of the molecule is CNc1cnn(CCc2c(F)cc(F)cc2F)c1. The summed E-state index contributed by atoms with van der Waals surface area (Å²) in [5.41, 5.74) is 0.688. The number of hydrogen-bond donors (Lipinski definition) is 1. The van der Waals surface area contributed by atoms with Crippen molar-refractivity contribution in [1.82, 2.24) is 9.78 Å². The summed E-state index contributed by atoms with van der Waals surface area (Å²) >= 11 is 0. The fourth-order valence-corrected chi connectivity index (χ4v) is 1.65. The van der Waals surface area contributed by atoms with E-state index in [4.69, 9.17) is 0 Å². The lowest BCUT2D eigenvalue weighted by Gasteiger charge is -2.05. The maximum atomic E-state index is 13.4. The number of halogens is 3. The van der Waals surface area contributed by atoms with Crippen LogP contribution in [-0.2, 0) is 13.0 Å². The van der Waals surface area contributed by atoms with Crippen molar-refractivity contribution in [3.8, 4) is 0 Å². The molecular formula is C12H12F3N3. The summed E-state index contributed by atoms with van der Waals surface area (Å²) in [4.78, 5) is 0. The zero-order valence-corrected chi connectivity index (χ0v) is 9.75. The fraction of sp³-hybridized carbons (Fsp3) is 0.250. The normalized spacial score (nSPS) is 10.7. The molecule has 0 radical (unpaired) electrons. The summed E-state index contributed by atoms with van der Waals surface area (Å²) in [6.45, 7) is 0.321. The van der Waals surface area contributed by atoms with Gasteiger partial charge in [-0.2, -0.15) is 5.10 Å². The minimum absolute atomic E-state index is 0.114. The first-order valence-electron chi connectivity index (χ1n) is 5.44. The lowest BCUT2D eigenvalue weighted by molar-refractivity contribution is 0.508. The van der Waals surface area contributed by atoms with E-state index in [0.717, 1.165) is 5.69 Å². The van der Waals surface area contributed by atoms with Crippen LogP contribution in [0.3, 0.4) is 0 Å². The zero-order chi connectivity index (χ0) is 13.1. The molecule has 3 nitrogen and oxygen atoms in total. The van der Waals surface area contributed by atoms with Crippen molar-refractivity contribution in [1.29, 1.82) is 0 Å². The van der Waals surface area contributed by atoms with Gasteiger partial charge in [0.15, 0.2) is 0 Å². The largest absolute Gasteiger partial charge is 0.386 e. The maximum Gasteiger partial charge on any atom is 0.132 e. The second-order valence-electron chi connectivity index (χ2n) is 3.84. The van der Waals surface area contributed by atoms with Crippen molar-refractivity contribution in [2.45, 2.75) is 13.0 Å². The molecular weight excluding hydrogens is 243 g/mol. The Morgan fingerprint density at radius 3 is 2.44 bits per heavy atom. The predicted molar refractivity (Wildman–Crippen MR) is 61.8 cm³/mol. The Morgan fingerprint density at radius 2 is 1.89 bits per heavy atom. The van der Waals surface area contributed by atoms with Crippen LogP contribution in [0.5, 0.6) is 0 Å². The minimum Gasteiger partial charge on any atom is -0.386 e. The number of nitrogens with zero attached hydrogens (tertiary/aromatic N) is 2. The van der Waals surface area contributed by atoms with E-state index in [1.165, 1.54) is 0 Å². The molecule has 0 fully saturated rings. The van der Waals surface area contributed by atoms with Gasteiger partial charge in [-0.1, -0.05) is 0 Å². The molecule has 96 valence electrons. The van der Waals surface area contributed by atoms with E-state index in [0.29, 0.717) is 18.7 Å². The van der Waals surface area contributed by atoms with E-state index < -0.39 is 17.5 Å². The van der Waals surface area contributed by atoms with Crippen molar-refractivity contribution >= 4 is 5.69 Å². The molecule has 0 aliphatic rings. The molecule has 1 aromatic heterocycles. The topological polar surface area (TPSA) is 29.9 Å². The van der Waals surface area contributed by atoms with Gasteiger partial charge in [0.05, 0.1) is 11.9 Å². The van der Waals surface area contributed by atoms with Crippen LogP contribution in [-0.4, -0.2) is 16.8 Å². The first-order valence-corrected chi connectivity index (χ1v) is 5.44. The number of anilines is 1. The molecule has 0 amide bonds. The second kappa shape index (κ2) is 5.12. The van der Waals surface area contributed by atoms with Crippen LogP contribution in [0.2, 0.25) is 0 Å². The Balaban J connectivity index is 2.10. The molecule has 0 aliphatic heterocycles. The second-order valence-corrected chi connectivity index (χ2v) is 3.84. The highest BCUT2D eigenvalue weighted by atomic mass is 19.1. The number of aryl methyl sites for hydroxylation is 1. The molecule has 18 heavy (non-hydrogen) atoms. The lowest BCUT2D eigenvalue weighted by Crippen LogP contribution is -2.05. The van der Waals surface area contributed by atoms with Gasteiger partial charge in [-0.3, -0.25) is 4.68 Å². The molecule has 0 bridgehead atoms. The summed E-state index contributed by atoms with van der Waals surface area (Å²) in [6.07, 6.45) is 3.44. The van der Waals surface area contributed by atoms with Crippen LogP contribution >= 0.6 is 0 Å². The van der Waals surface area contributed by atoms with Crippen molar-refractivity contribution < 1.29 is 13.2 Å². The summed E-state index contributed by atoms with van der Waals surface area (Å²) in [7, 11) is 1.75. The van der Waals surface area contributed by atoms with Crippen molar-refractivity contribution in [2.24, 2.45) is 0 Å². The standard InChI is InChI=1S/C12H12F3N3/c1-16-9-6-17-18(7-9)3-2-10-11(14)4-8(13)5-12(10)15/h4-7,16H,2-3H2,1H3. The number of benzene rings is 1. The number of rotatable bonds is 4. The smallest absolute Gasteiger partial charge is 0.132 e. The zero-order valence-electron chi connectivity index (χ0n) is 9.75. The van der Waals surface area contributed by atoms with Crippen LogP contribution in [0, 0.1) is 17.5 Å². The molecule has 1 heterocycles. The average molecular weight is 255 g/mol. The van der Waals surface area contributed by atoms with Gasteiger partial charge in [-0.25, -0.2) is 13.2 Å². The van der Waals surface area contributed by atoms with E-state index in [1.54, 1.807) is 24.1 Å². The number of hydrogen-bond acceptors (Lipinski definition) is 2. The summed E-state index contributed by atoms with van der Waals surface area (Å²) < 4.78 is 41.0. The molecule has 1 N–H and O–H groups in total. The molecule has 0 spiro atoms. The maximum absolute atomic E-state index is 13.4.